The third-order valence-corrected chi connectivity index (χ3v) is 4.14. The molecule has 1 aromatic rings. The molecule has 1 atom stereocenters. The number of rotatable bonds is 11. The van der Waals surface area contributed by atoms with Crippen molar-refractivity contribution in [3.63, 3.8) is 0 Å². The lowest BCUT2D eigenvalue weighted by Gasteiger charge is -2.29. The Balaban J connectivity index is 2.53. The van der Waals surface area contributed by atoms with Crippen molar-refractivity contribution in [1.29, 1.82) is 0 Å². The lowest BCUT2D eigenvalue weighted by atomic mass is 10.0. The maximum Gasteiger partial charge on any atom is 0.0332 e. The molecule has 0 spiro atoms. The normalized spacial score (nSPS) is 13.0. The maximum atomic E-state index is 3.63. The van der Waals surface area contributed by atoms with Crippen molar-refractivity contribution in [2.45, 2.75) is 65.5 Å². The van der Waals surface area contributed by atoms with Gasteiger partial charge in [-0.15, -0.1) is 0 Å². The molecule has 1 rings (SSSR count). The predicted molar refractivity (Wildman–Crippen MR) is 93.7 cm³/mol. The van der Waals surface area contributed by atoms with Crippen molar-refractivity contribution in [2.24, 2.45) is 0 Å². The average Bonchev–Trinajstić information content (AvgIpc) is 2.50. The Morgan fingerprint density at radius 2 is 1.71 bits per heavy atom. The van der Waals surface area contributed by atoms with Crippen LogP contribution in [-0.2, 0) is 0 Å². The quantitative estimate of drug-likeness (QED) is 0.598. The highest BCUT2D eigenvalue weighted by Crippen LogP contribution is 2.18. The van der Waals surface area contributed by atoms with Crippen molar-refractivity contribution in [3.8, 4) is 0 Å². The molecule has 1 aromatic carbocycles. The molecule has 0 bridgehead atoms. The summed E-state index contributed by atoms with van der Waals surface area (Å²) >= 11 is 0. The molecule has 0 aliphatic carbocycles. The minimum absolute atomic E-state index is 0.476. The molecule has 0 aliphatic heterocycles. The maximum absolute atomic E-state index is 3.63. The van der Waals surface area contributed by atoms with Crippen LogP contribution < -0.4 is 5.32 Å². The Bertz CT molecular complexity index is 348. The van der Waals surface area contributed by atoms with Gasteiger partial charge in [0.1, 0.15) is 0 Å². The van der Waals surface area contributed by atoms with Crippen LogP contribution in [0.2, 0.25) is 0 Å². The molecule has 1 unspecified atom stereocenters. The summed E-state index contributed by atoms with van der Waals surface area (Å²) in [5.41, 5.74) is 1.41. The zero-order valence-corrected chi connectivity index (χ0v) is 14.4. The second-order valence-electron chi connectivity index (χ2n) is 6.15. The van der Waals surface area contributed by atoms with E-state index in [0.717, 1.165) is 6.54 Å². The van der Waals surface area contributed by atoms with Crippen LogP contribution in [0.5, 0.6) is 0 Å². The molecule has 0 heterocycles. The summed E-state index contributed by atoms with van der Waals surface area (Å²) in [6.07, 6.45) is 5.16. The molecule has 0 saturated heterocycles. The summed E-state index contributed by atoms with van der Waals surface area (Å²) in [7, 11) is 0. The summed E-state index contributed by atoms with van der Waals surface area (Å²) in [6, 6.07) is 12.0. The highest BCUT2D eigenvalue weighted by molar-refractivity contribution is 5.18. The van der Waals surface area contributed by atoms with Crippen molar-refractivity contribution in [1.82, 2.24) is 10.2 Å². The second-order valence-corrected chi connectivity index (χ2v) is 6.15. The Morgan fingerprint density at radius 1 is 1.00 bits per heavy atom. The third kappa shape index (κ3) is 7.10. The van der Waals surface area contributed by atoms with Crippen molar-refractivity contribution >= 4 is 0 Å². The van der Waals surface area contributed by atoms with Crippen molar-refractivity contribution in [3.05, 3.63) is 35.9 Å². The van der Waals surface area contributed by atoms with E-state index in [-0.39, 0.29) is 0 Å². The number of nitrogens with zero attached hydrogens (tertiary/aromatic N) is 1. The van der Waals surface area contributed by atoms with E-state index < -0.39 is 0 Å². The molecule has 0 radical (unpaired) electrons. The van der Waals surface area contributed by atoms with Crippen molar-refractivity contribution in [2.75, 3.05) is 19.6 Å². The van der Waals surface area contributed by atoms with Gasteiger partial charge in [0.25, 0.3) is 0 Å². The van der Waals surface area contributed by atoms with Crippen LogP contribution in [-0.4, -0.2) is 30.6 Å². The number of hydrogen-bond donors (Lipinski definition) is 1. The van der Waals surface area contributed by atoms with E-state index in [0.29, 0.717) is 12.1 Å². The molecular formula is C19H34N2. The number of hydrogen-bond acceptors (Lipinski definition) is 2. The van der Waals surface area contributed by atoms with Gasteiger partial charge in [0.05, 0.1) is 0 Å². The van der Waals surface area contributed by atoms with Gasteiger partial charge in [-0.05, 0) is 45.3 Å². The van der Waals surface area contributed by atoms with Gasteiger partial charge < -0.3 is 10.2 Å². The number of nitrogens with one attached hydrogen (secondary N) is 1. The molecular weight excluding hydrogens is 256 g/mol. The number of unbranched alkanes of at least 4 members (excludes halogenated alkanes) is 2. The van der Waals surface area contributed by atoms with Gasteiger partial charge in [0.15, 0.2) is 0 Å². The Morgan fingerprint density at radius 3 is 2.29 bits per heavy atom. The van der Waals surface area contributed by atoms with E-state index in [2.05, 4.69) is 68.2 Å². The summed E-state index contributed by atoms with van der Waals surface area (Å²) in [4.78, 5) is 2.63. The SMILES string of the molecule is CCCCCN(CCC(NCC)c1ccccc1)C(C)C. The molecule has 2 heteroatoms. The Hall–Kier alpha value is -0.860. The third-order valence-electron chi connectivity index (χ3n) is 4.14. The van der Waals surface area contributed by atoms with Crippen LogP contribution in [0.4, 0.5) is 0 Å². The van der Waals surface area contributed by atoms with Crippen LogP contribution in [0, 0.1) is 0 Å². The standard InChI is InChI=1S/C19H34N2/c1-5-7-11-15-21(17(3)4)16-14-19(20-6-2)18-12-9-8-10-13-18/h8-10,12-13,17,19-20H,5-7,11,14-16H2,1-4H3. The van der Waals surface area contributed by atoms with Gasteiger partial charge in [-0.2, -0.15) is 0 Å². The monoisotopic (exact) mass is 290 g/mol. The Labute approximate surface area is 131 Å². The lowest BCUT2D eigenvalue weighted by Crippen LogP contribution is -2.35. The topological polar surface area (TPSA) is 15.3 Å². The van der Waals surface area contributed by atoms with E-state index in [1.54, 1.807) is 0 Å². The van der Waals surface area contributed by atoms with Crippen LogP contribution in [0.3, 0.4) is 0 Å². The smallest absolute Gasteiger partial charge is 0.0332 e. The molecule has 0 saturated carbocycles. The molecule has 1 N–H and O–H groups in total. The molecule has 21 heavy (non-hydrogen) atoms. The van der Waals surface area contributed by atoms with Gasteiger partial charge in [0, 0.05) is 18.6 Å². The van der Waals surface area contributed by atoms with Gasteiger partial charge in [-0.25, -0.2) is 0 Å². The highest BCUT2D eigenvalue weighted by atomic mass is 15.1. The fraction of sp³-hybridized carbons (Fsp3) is 0.684. The van der Waals surface area contributed by atoms with Gasteiger partial charge in [-0.3, -0.25) is 0 Å². The summed E-state index contributed by atoms with van der Waals surface area (Å²) in [6.45, 7) is 12.5. The first kappa shape index (κ1) is 18.2. The van der Waals surface area contributed by atoms with E-state index in [1.807, 2.05) is 0 Å². The summed E-state index contributed by atoms with van der Waals surface area (Å²) in [5.74, 6) is 0. The highest BCUT2D eigenvalue weighted by Gasteiger charge is 2.14. The fourth-order valence-electron chi connectivity index (χ4n) is 2.81. The Kier molecular flexibility index (Phi) is 9.36. The lowest BCUT2D eigenvalue weighted by molar-refractivity contribution is 0.205. The number of benzene rings is 1. The minimum atomic E-state index is 0.476. The molecule has 0 fully saturated rings. The predicted octanol–water partition coefficient (Wildman–Crippen LogP) is 4.63. The van der Waals surface area contributed by atoms with Crippen LogP contribution in [0.25, 0.3) is 0 Å². The second kappa shape index (κ2) is 10.8. The van der Waals surface area contributed by atoms with Gasteiger partial charge in [-0.1, -0.05) is 57.0 Å². The van der Waals surface area contributed by atoms with Crippen molar-refractivity contribution < 1.29 is 0 Å². The van der Waals surface area contributed by atoms with E-state index >= 15 is 0 Å². The first-order valence-electron chi connectivity index (χ1n) is 8.71. The van der Waals surface area contributed by atoms with E-state index in [1.165, 1.54) is 44.3 Å². The average molecular weight is 290 g/mol. The van der Waals surface area contributed by atoms with Crippen LogP contribution >= 0.6 is 0 Å². The zero-order chi connectivity index (χ0) is 15.5. The summed E-state index contributed by atoms with van der Waals surface area (Å²) < 4.78 is 0. The zero-order valence-electron chi connectivity index (χ0n) is 14.4. The molecule has 0 aliphatic rings. The van der Waals surface area contributed by atoms with Gasteiger partial charge >= 0.3 is 0 Å². The van der Waals surface area contributed by atoms with E-state index in [9.17, 15) is 0 Å². The van der Waals surface area contributed by atoms with Gasteiger partial charge in [0.2, 0.25) is 0 Å². The first-order valence-corrected chi connectivity index (χ1v) is 8.71. The molecule has 2 nitrogen and oxygen atoms in total. The summed E-state index contributed by atoms with van der Waals surface area (Å²) in [5, 5.41) is 3.63. The molecule has 0 amide bonds. The van der Waals surface area contributed by atoms with Crippen LogP contribution in [0.1, 0.15) is 65.0 Å². The minimum Gasteiger partial charge on any atom is -0.310 e. The molecule has 120 valence electrons. The first-order chi connectivity index (χ1) is 10.2. The van der Waals surface area contributed by atoms with E-state index in [4.69, 9.17) is 0 Å². The fourth-order valence-corrected chi connectivity index (χ4v) is 2.81. The molecule has 0 aromatic heterocycles. The van der Waals surface area contributed by atoms with Crippen LogP contribution in [0.15, 0.2) is 30.3 Å². The largest absolute Gasteiger partial charge is 0.310 e.